The zero-order chi connectivity index (χ0) is 20.9. The zero-order valence-corrected chi connectivity index (χ0v) is 18.0. The molecule has 1 aliphatic heterocycles. The van der Waals surface area contributed by atoms with Gasteiger partial charge in [-0.1, -0.05) is 24.3 Å². The summed E-state index contributed by atoms with van der Waals surface area (Å²) < 4.78 is 0. The minimum Gasteiger partial charge on any atom is -0.369 e. The number of rotatable bonds is 7. The Balaban J connectivity index is 1.27. The average Bonchev–Trinajstić information content (AvgIpc) is 3.18. The largest absolute Gasteiger partial charge is 0.369 e. The molecule has 6 nitrogen and oxygen atoms in total. The van der Waals surface area contributed by atoms with Crippen molar-refractivity contribution in [3.8, 4) is 0 Å². The zero-order valence-electron chi connectivity index (χ0n) is 18.0. The van der Waals surface area contributed by atoms with Crippen LogP contribution in [0.1, 0.15) is 18.3 Å². The first-order valence-corrected chi connectivity index (χ1v) is 10.9. The number of aromatic nitrogens is 2. The number of imidazole rings is 1. The van der Waals surface area contributed by atoms with Gasteiger partial charge in [0.2, 0.25) is 5.91 Å². The van der Waals surface area contributed by atoms with E-state index in [0.717, 1.165) is 56.0 Å². The van der Waals surface area contributed by atoms with Gasteiger partial charge in [-0.05, 0) is 43.7 Å². The normalized spacial score (nSPS) is 14.9. The molecule has 2 heterocycles. The van der Waals surface area contributed by atoms with E-state index in [-0.39, 0.29) is 5.91 Å². The van der Waals surface area contributed by atoms with E-state index in [9.17, 15) is 4.79 Å². The second-order valence-corrected chi connectivity index (χ2v) is 8.03. The highest BCUT2D eigenvalue weighted by Crippen LogP contribution is 2.18. The fraction of sp³-hybridized carbons (Fsp3) is 0.417. The highest BCUT2D eigenvalue weighted by Gasteiger charge is 2.21. The molecule has 1 aromatic heterocycles. The number of aromatic amines is 1. The molecule has 1 N–H and O–H groups in total. The third-order valence-electron chi connectivity index (χ3n) is 5.89. The summed E-state index contributed by atoms with van der Waals surface area (Å²) in [6, 6.07) is 16.7. The van der Waals surface area contributed by atoms with Crippen molar-refractivity contribution in [3.63, 3.8) is 0 Å². The number of H-pyrrole nitrogens is 1. The van der Waals surface area contributed by atoms with Crippen molar-refractivity contribution in [3.05, 3.63) is 59.9 Å². The lowest BCUT2D eigenvalue weighted by atomic mass is 10.2. The topological polar surface area (TPSA) is 55.5 Å². The highest BCUT2D eigenvalue weighted by atomic mass is 16.2. The molecular weight excluding hydrogens is 374 g/mol. The molecule has 0 radical (unpaired) electrons. The third-order valence-corrected chi connectivity index (χ3v) is 5.89. The van der Waals surface area contributed by atoms with Crippen molar-refractivity contribution in [1.82, 2.24) is 19.8 Å². The number of benzene rings is 2. The molecule has 0 atom stereocenters. The number of aryl methyl sites for hydroxylation is 1. The molecule has 0 unspecified atom stereocenters. The smallest absolute Gasteiger partial charge is 0.236 e. The molecule has 158 valence electrons. The Morgan fingerprint density at radius 3 is 2.63 bits per heavy atom. The van der Waals surface area contributed by atoms with E-state index in [4.69, 9.17) is 0 Å². The van der Waals surface area contributed by atoms with Gasteiger partial charge in [-0.15, -0.1) is 0 Å². The fourth-order valence-electron chi connectivity index (χ4n) is 4.10. The summed E-state index contributed by atoms with van der Waals surface area (Å²) in [6.45, 7) is 9.84. The molecule has 30 heavy (non-hydrogen) atoms. The molecule has 1 amide bonds. The van der Waals surface area contributed by atoms with Gasteiger partial charge in [0.1, 0.15) is 5.82 Å². The minimum atomic E-state index is 0.206. The van der Waals surface area contributed by atoms with Crippen LogP contribution < -0.4 is 4.90 Å². The van der Waals surface area contributed by atoms with Crippen LogP contribution in [0.3, 0.4) is 0 Å². The number of nitrogens with zero attached hydrogens (tertiary/aromatic N) is 4. The van der Waals surface area contributed by atoms with Crippen LogP contribution in [-0.2, 0) is 11.2 Å². The maximum Gasteiger partial charge on any atom is 0.236 e. The van der Waals surface area contributed by atoms with Crippen molar-refractivity contribution in [1.29, 1.82) is 0 Å². The number of piperazine rings is 1. The van der Waals surface area contributed by atoms with Gasteiger partial charge >= 0.3 is 0 Å². The lowest BCUT2D eigenvalue weighted by molar-refractivity contribution is -0.132. The van der Waals surface area contributed by atoms with Crippen LogP contribution in [0, 0.1) is 6.92 Å². The SMILES string of the molecule is CCN(CCc1nc2ccccc2[nH]1)C(=O)CN1CCN(c2cccc(C)c2)CC1. The number of carbonyl (C=O) groups is 1. The molecule has 0 aliphatic carbocycles. The van der Waals surface area contributed by atoms with Crippen LogP contribution in [0.15, 0.2) is 48.5 Å². The standard InChI is InChI=1S/C24H31N5O/c1-3-28(12-11-23-25-21-9-4-5-10-22(21)26-23)24(30)18-27-13-15-29(16-14-27)20-8-6-7-19(2)17-20/h4-10,17H,3,11-16,18H2,1-2H3,(H,25,26). The highest BCUT2D eigenvalue weighted by molar-refractivity contribution is 5.78. The van der Waals surface area contributed by atoms with Crippen LogP contribution in [0.25, 0.3) is 11.0 Å². The summed E-state index contributed by atoms with van der Waals surface area (Å²) in [5.41, 5.74) is 4.59. The first-order chi connectivity index (χ1) is 14.6. The lowest BCUT2D eigenvalue weighted by Gasteiger charge is -2.36. The van der Waals surface area contributed by atoms with E-state index in [1.54, 1.807) is 0 Å². The molecule has 0 bridgehead atoms. The van der Waals surface area contributed by atoms with Crippen LogP contribution in [0.5, 0.6) is 0 Å². The maximum atomic E-state index is 12.9. The summed E-state index contributed by atoms with van der Waals surface area (Å²) in [5, 5.41) is 0. The third kappa shape index (κ3) is 4.82. The first kappa shape index (κ1) is 20.4. The van der Waals surface area contributed by atoms with Gasteiger partial charge in [0, 0.05) is 51.4 Å². The number of hydrogen-bond acceptors (Lipinski definition) is 4. The summed E-state index contributed by atoms with van der Waals surface area (Å²) in [5.74, 6) is 1.15. The van der Waals surface area contributed by atoms with Crippen molar-refractivity contribution < 1.29 is 4.79 Å². The summed E-state index contributed by atoms with van der Waals surface area (Å²) >= 11 is 0. The summed E-state index contributed by atoms with van der Waals surface area (Å²) in [6.07, 6.45) is 0.745. The van der Waals surface area contributed by atoms with Gasteiger partial charge in [-0.3, -0.25) is 9.69 Å². The minimum absolute atomic E-state index is 0.206. The van der Waals surface area contributed by atoms with Gasteiger partial charge in [-0.2, -0.15) is 0 Å². The van der Waals surface area contributed by atoms with Crippen LogP contribution in [0.4, 0.5) is 5.69 Å². The Labute approximate surface area is 178 Å². The van der Waals surface area contributed by atoms with Crippen molar-refractivity contribution in [2.75, 3.05) is 50.7 Å². The van der Waals surface area contributed by atoms with Crippen molar-refractivity contribution in [2.24, 2.45) is 0 Å². The predicted octanol–water partition coefficient (Wildman–Crippen LogP) is 3.08. The molecule has 0 saturated carbocycles. The number of para-hydroxylation sites is 2. The molecule has 1 fully saturated rings. The Bertz CT molecular complexity index is 957. The van der Waals surface area contributed by atoms with E-state index in [1.165, 1.54) is 11.3 Å². The van der Waals surface area contributed by atoms with Crippen LogP contribution in [0.2, 0.25) is 0 Å². The summed E-state index contributed by atoms with van der Waals surface area (Å²) in [7, 11) is 0. The number of amides is 1. The van der Waals surface area contributed by atoms with E-state index in [2.05, 4.69) is 51.0 Å². The van der Waals surface area contributed by atoms with Crippen LogP contribution in [-0.4, -0.2) is 71.5 Å². The molecule has 2 aromatic carbocycles. The molecule has 3 aromatic rings. The Morgan fingerprint density at radius 1 is 1.10 bits per heavy atom. The second kappa shape index (κ2) is 9.30. The van der Waals surface area contributed by atoms with E-state index >= 15 is 0 Å². The van der Waals surface area contributed by atoms with Gasteiger partial charge in [0.25, 0.3) is 0 Å². The molecule has 0 spiro atoms. The van der Waals surface area contributed by atoms with Crippen molar-refractivity contribution >= 4 is 22.6 Å². The number of likely N-dealkylation sites (N-methyl/N-ethyl adjacent to an activating group) is 1. The predicted molar refractivity (Wildman–Crippen MR) is 122 cm³/mol. The second-order valence-electron chi connectivity index (χ2n) is 8.03. The van der Waals surface area contributed by atoms with E-state index in [0.29, 0.717) is 13.1 Å². The van der Waals surface area contributed by atoms with Gasteiger partial charge in [0.15, 0.2) is 0 Å². The first-order valence-electron chi connectivity index (χ1n) is 10.9. The fourth-order valence-corrected chi connectivity index (χ4v) is 4.10. The summed E-state index contributed by atoms with van der Waals surface area (Å²) in [4.78, 5) is 27.5. The Kier molecular flexibility index (Phi) is 6.33. The monoisotopic (exact) mass is 405 g/mol. The molecular formula is C24H31N5O. The van der Waals surface area contributed by atoms with Crippen LogP contribution >= 0.6 is 0 Å². The van der Waals surface area contributed by atoms with Gasteiger partial charge in [-0.25, -0.2) is 4.98 Å². The molecule has 1 saturated heterocycles. The molecule has 1 aliphatic rings. The molecule has 6 heteroatoms. The van der Waals surface area contributed by atoms with E-state index < -0.39 is 0 Å². The Hall–Kier alpha value is -2.86. The number of nitrogens with one attached hydrogen (secondary N) is 1. The number of hydrogen-bond donors (Lipinski definition) is 1. The van der Waals surface area contributed by atoms with E-state index in [1.807, 2.05) is 36.1 Å². The Morgan fingerprint density at radius 2 is 1.90 bits per heavy atom. The average molecular weight is 406 g/mol. The maximum absolute atomic E-state index is 12.9. The van der Waals surface area contributed by atoms with Gasteiger partial charge in [0.05, 0.1) is 17.6 Å². The van der Waals surface area contributed by atoms with Gasteiger partial charge < -0.3 is 14.8 Å². The lowest BCUT2D eigenvalue weighted by Crippen LogP contribution is -2.50. The quantitative estimate of drug-likeness (QED) is 0.656. The number of carbonyl (C=O) groups excluding carboxylic acids is 1. The number of anilines is 1. The number of fused-ring (bicyclic) bond motifs is 1. The van der Waals surface area contributed by atoms with Crippen molar-refractivity contribution in [2.45, 2.75) is 20.3 Å². The molecule has 4 rings (SSSR count).